The molecule has 0 bridgehead atoms. The number of hydrogen-bond donors (Lipinski definition) is 2. The topological polar surface area (TPSA) is 53.4 Å². The molecule has 0 spiro atoms. The van der Waals surface area contributed by atoms with Gasteiger partial charge in [-0.1, -0.05) is 0 Å². The van der Waals surface area contributed by atoms with Crippen LogP contribution in [0.4, 0.5) is 0 Å². The van der Waals surface area contributed by atoms with Crippen molar-refractivity contribution in [3.8, 4) is 0 Å². The number of aliphatic hydroxyl groups is 2. The lowest BCUT2D eigenvalue weighted by Gasteiger charge is -2.11. The summed E-state index contributed by atoms with van der Waals surface area (Å²) in [5.41, 5.74) is 0. The zero-order valence-electron chi connectivity index (χ0n) is 5.94. The lowest BCUT2D eigenvalue weighted by atomic mass is 10.2. The van der Waals surface area contributed by atoms with Crippen molar-refractivity contribution in [2.24, 2.45) is 0 Å². The Hall–Kier alpha value is 0.320. The highest BCUT2D eigenvalue weighted by Crippen LogP contribution is 2.23. The predicted molar refractivity (Wildman–Crippen MR) is 51.5 cm³/mol. The monoisotopic (exact) mass is 271 g/mol. The van der Waals surface area contributed by atoms with E-state index >= 15 is 0 Å². The molecule has 0 aliphatic heterocycles. The number of rotatable bonds is 3. The fraction of sp³-hybridized carbons (Fsp3) is 0.500. The number of hydrogen-bond acceptors (Lipinski definition) is 4. The Kier molecular flexibility index (Phi) is 3.92. The van der Waals surface area contributed by atoms with E-state index in [4.69, 9.17) is 16.7 Å². The first kappa shape index (κ1) is 10.4. The highest BCUT2D eigenvalue weighted by Gasteiger charge is 2.20. The molecule has 1 rings (SSSR count). The minimum atomic E-state index is -0.987. The largest absolute Gasteiger partial charge is 0.389 e. The van der Waals surface area contributed by atoms with Gasteiger partial charge in [0.15, 0.2) is 0 Å². The van der Waals surface area contributed by atoms with Gasteiger partial charge in [-0.25, -0.2) is 4.98 Å². The van der Waals surface area contributed by atoms with E-state index in [1.165, 1.54) is 11.3 Å². The van der Waals surface area contributed by atoms with Gasteiger partial charge in [0, 0.05) is 5.38 Å². The normalized spacial score (nSPS) is 16.0. The van der Waals surface area contributed by atoms with Gasteiger partial charge in [0.05, 0.1) is 12.0 Å². The molecule has 0 aliphatic rings. The molecule has 2 atom stereocenters. The van der Waals surface area contributed by atoms with Crippen LogP contribution in [0, 0.1) is 0 Å². The first-order valence-corrected chi connectivity index (χ1v) is 5.39. The zero-order chi connectivity index (χ0) is 9.14. The van der Waals surface area contributed by atoms with E-state index in [0.717, 1.165) is 0 Å². The maximum atomic E-state index is 9.40. The minimum Gasteiger partial charge on any atom is -0.389 e. The summed E-state index contributed by atoms with van der Waals surface area (Å²) in [5.74, 6) is -0.00162. The van der Waals surface area contributed by atoms with Crippen LogP contribution >= 0.6 is 38.9 Å². The van der Waals surface area contributed by atoms with Crippen molar-refractivity contribution in [3.63, 3.8) is 0 Å². The van der Waals surface area contributed by atoms with Gasteiger partial charge in [-0.2, -0.15) is 0 Å². The molecular weight excluding hydrogens is 265 g/mol. The molecule has 2 N–H and O–H groups in total. The van der Waals surface area contributed by atoms with Gasteiger partial charge in [0.1, 0.15) is 15.7 Å². The standard InChI is InChI=1S/C6H7BrClNO2S/c7-4-2-12-6(9-4)5(11)3(10)1-8/h2-3,5,10-11H,1H2. The second-order valence-corrected chi connectivity index (χ2v) is 4.19. The number of alkyl halides is 1. The van der Waals surface area contributed by atoms with Crippen molar-refractivity contribution in [1.82, 2.24) is 4.98 Å². The molecule has 0 fully saturated rings. The molecule has 3 nitrogen and oxygen atoms in total. The second kappa shape index (κ2) is 4.53. The lowest BCUT2D eigenvalue weighted by Crippen LogP contribution is -2.19. The lowest BCUT2D eigenvalue weighted by molar-refractivity contribution is 0.0325. The molecule has 0 saturated carbocycles. The average molecular weight is 273 g/mol. The van der Waals surface area contributed by atoms with Gasteiger partial charge in [-0.05, 0) is 15.9 Å². The van der Waals surface area contributed by atoms with Crippen LogP contribution in [-0.4, -0.2) is 27.2 Å². The molecular formula is C6H7BrClNO2S. The average Bonchev–Trinajstić information content (AvgIpc) is 2.49. The van der Waals surface area contributed by atoms with Crippen LogP contribution < -0.4 is 0 Å². The molecule has 6 heteroatoms. The fourth-order valence-electron chi connectivity index (χ4n) is 0.652. The summed E-state index contributed by atoms with van der Waals surface area (Å²) >= 11 is 9.78. The number of aromatic nitrogens is 1. The molecule has 0 aromatic carbocycles. The van der Waals surface area contributed by atoms with Crippen LogP contribution in [-0.2, 0) is 0 Å². The van der Waals surface area contributed by atoms with Gasteiger partial charge in [-0.3, -0.25) is 0 Å². The molecule has 0 saturated heterocycles. The molecule has 0 radical (unpaired) electrons. The number of nitrogens with zero attached hydrogens (tertiary/aromatic N) is 1. The Bertz CT molecular complexity index is 257. The van der Waals surface area contributed by atoms with E-state index in [1.54, 1.807) is 5.38 Å². The van der Waals surface area contributed by atoms with E-state index in [9.17, 15) is 5.11 Å². The van der Waals surface area contributed by atoms with Crippen molar-refractivity contribution >= 4 is 38.9 Å². The Morgan fingerprint density at radius 1 is 1.67 bits per heavy atom. The van der Waals surface area contributed by atoms with Crippen LogP contribution in [0.2, 0.25) is 0 Å². The van der Waals surface area contributed by atoms with Crippen LogP contribution in [0.5, 0.6) is 0 Å². The van der Waals surface area contributed by atoms with Crippen molar-refractivity contribution in [2.45, 2.75) is 12.2 Å². The highest BCUT2D eigenvalue weighted by atomic mass is 79.9. The zero-order valence-corrected chi connectivity index (χ0v) is 9.10. The van der Waals surface area contributed by atoms with Gasteiger partial charge >= 0.3 is 0 Å². The molecule has 68 valence electrons. The second-order valence-electron chi connectivity index (χ2n) is 2.17. The van der Waals surface area contributed by atoms with Crippen molar-refractivity contribution in [2.75, 3.05) is 5.88 Å². The Morgan fingerprint density at radius 3 is 2.75 bits per heavy atom. The van der Waals surface area contributed by atoms with Gasteiger partial charge in [0.25, 0.3) is 0 Å². The Balaban J connectivity index is 2.70. The van der Waals surface area contributed by atoms with E-state index in [-0.39, 0.29) is 5.88 Å². The number of aliphatic hydroxyl groups excluding tert-OH is 2. The third kappa shape index (κ3) is 2.40. The van der Waals surface area contributed by atoms with Crippen molar-refractivity contribution < 1.29 is 10.2 Å². The van der Waals surface area contributed by atoms with E-state index in [0.29, 0.717) is 9.61 Å². The molecule has 12 heavy (non-hydrogen) atoms. The van der Waals surface area contributed by atoms with Gasteiger partial charge in [-0.15, -0.1) is 22.9 Å². The van der Waals surface area contributed by atoms with Crippen LogP contribution in [0.1, 0.15) is 11.1 Å². The minimum absolute atomic E-state index is 0.00162. The summed E-state index contributed by atoms with van der Waals surface area (Å²) in [6.07, 6.45) is -1.94. The van der Waals surface area contributed by atoms with Gasteiger partial charge < -0.3 is 10.2 Å². The van der Waals surface area contributed by atoms with E-state index in [2.05, 4.69) is 20.9 Å². The number of thiazole rings is 1. The van der Waals surface area contributed by atoms with Crippen molar-refractivity contribution in [1.29, 1.82) is 0 Å². The predicted octanol–water partition coefficient (Wildman–Crippen LogP) is 1.54. The quantitative estimate of drug-likeness (QED) is 0.821. The molecule has 0 aliphatic carbocycles. The molecule has 1 heterocycles. The summed E-state index contributed by atoms with van der Waals surface area (Å²) in [4.78, 5) is 3.95. The van der Waals surface area contributed by atoms with Crippen LogP contribution in [0.15, 0.2) is 9.98 Å². The Labute approximate surface area is 87.1 Å². The maximum absolute atomic E-state index is 9.40. The number of halogens is 2. The molecule has 1 aromatic rings. The van der Waals surface area contributed by atoms with Crippen molar-refractivity contribution in [3.05, 3.63) is 15.0 Å². The summed E-state index contributed by atoms with van der Waals surface area (Å²) in [5, 5.41) is 20.8. The molecule has 1 aromatic heterocycles. The smallest absolute Gasteiger partial charge is 0.132 e. The highest BCUT2D eigenvalue weighted by molar-refractivity contribution is 9.10. The van der Waals surface area contributed by atoms with Crippen LogP contribution in [0.25, 0.3) is 0 Å². The summed E-state index contributed by atoms with van der Waals surface area (Å²) < 4.78 is 0.656. The van der Waals surface area contributed by atoms with Crippen LogP contribution in [0.3, 0.4) is 0 Å². The van der Waals surface area contributed by atoms with E-state index in [1.807, 2.05) is 0 Å². The fourth-order valence-corrected chi connectivity index (χ4v) is 2.13. The summed E-state index contributed by atoms with van der Waals surface area (Å²) in [6, 6.07) is 0. The Morgan fingerprint density at radius 2 is 2.33 bits per heavy atom. The maximum Gasteiger partial charge on any atom is 0.132 e. The molecule has 0 amide bonds. The SMILES string of the molecule is OC(CCl)C(O)c1nc(Br)cs1. The first-order chi connectivity index (χ1) is 5.65. The first-order valence-electron chi connectivity index (χ1n) is 3.18. The molecule has 2 unspecified atom stereocenters. The summed E-state index contributed by atoms with van der Waals surface area (Å²) in [6.45, 7) is 0. The van der Waals surface area contributed by atoms with E-state index < -0.39 is 12.2 Å². The third-order valence-corrected chi connectivity index (χ3v) is 3.21. The summed E-state index contributed by atoms with van der Waals surface area (Å²) in [7, 11) is 0. The third-order valence-electron chi connectivity index (χ3n) is 1.27. The van der Waals surface area contributed by atoms with Gasteiger partial charge in [0.2, 0.25) is 0 Å².